The Morgan fingerprint density at radius 1 is 1.20 bits per heavy atom. The number of ether oxygens (including phenoxy) is 1. The monoisotopic (exact) mass is 419 g/mol. The van der Waals surface area contributed by atoms with Crippen molar-refractivity contribution in [2.75, 3.05) is 20.2 Å². The van der Waals surface area contributed by atoms with Crippen LogP contribution in [0, 0.1) is 18.6 Å². The normalized spacial score (nSPS) is 16.5. The minimum absolute atomic E-state index is 0.163. The zero-order chi connectivity index (χ0) is 21.8. The molecule has 160 valence electrons. The maximum atomic E-state index is 13.5. The number of halogens is 2. The number of nitrogens with one attached hydrogen (secondary N) is 2. The molecule has 7 nitrogen and oxygen atoms in total. The number of nitrogens with zero attached hydrogens (tertiary/aromatic N) is 1. The van der Waals surface area contributed by atoms with Gasteiger partial charge in [-0.2, -0.15) is 0 Å². The number of esters is 1. The molecule has 3 rings (SSSR count). The predicted octanol–water partition coefficient (Wildman–Crippen LogP) is 3.17. The molecule has 2 heterocycles. The van der Waals surface area contributed by atoms with Crippen molar-refractivity contribution < 1.29 is 27.5 Å². The molecule has 0 bridgehead atoms. The summed E-state index contributed by atoms with van der Waals surface area (Å²) in [5, 5.41) is 5.35. The van der Waals surface area contributed by atoms with Gasteiger partial charge in [-0.1, -0.05) is 6.07 Å². The molecule has 2 aromatic rings. The van der Waals surface area contributed by atoms with Gasteiger partial charge in [-0.15, -0.1) is 0 Å². The van der Waals surface area contributed by atoms with Crippen LogP contribution < -0.4 is 10.6 Å². The van der Waals surface area contributed by atoms with Gasteiger partial charge < -0.3 is 19.8 Å². The Hall–Kier alpha value is -3.20. The lowest BCUT2D eigenvalue weighted by atomic mass is 10.00. The van der Waals surface area contributed by atoms with Crippen molar-refractivity contribution in [2.24, 2.45) is 0 Å². The topological polar surface area (TPSA) is 83.8 Å². The van der Waals surface area contributed by atoms with E-state index in [1.54, 1.807) is 37.9 Å². The molecule has 1 aliphatic rings. The van der Waals surface area contributed by atoms with Gasteiger partial charge >= 0.3 is 12.0 Å². The highest BCUT2D eigenvalue weighted by Crippen LogP contribution is 2.29. The Morgan fingerprint density at radius 2 is 1.97 bits per heavy atom. The van der Waals surface area contributed by atoms with Gasteiger partial charge in [-0.25, -0.2) is 18.4 Å². The van der Waals surface area contributed by atoms with Crippen LogP contribution in [0.2, 0.25) is 0 Å². The average molecular weight is 419 g/mol. The first-order chi connectivity index (χ1) is 14.3. The van der Waals surface area contributed by atoms with Crippen LogP contribution in [0.15, 0.2) is 46.0 Å². The van der Waals surface area contributed by atoms with Crippen molar-refractivity contribution in [3.8, 4) is 0 Å². The number of benzene rings is 1. The molecule has 0 fully saturated rings. The largest absolute Gasteiger partial charge is 0.464 e. The molecule has 1 aliphatic heterocycles. The van der Waals surface area contributed by atoms with Crippen molar-refractivity contribution in [1.82, 2.24) is 15.5 Å². The molecule has 0 aliphatic carbocycles. The average Bonchev–Trinajstić information content (AvgIpc) is 3.10. The number of carbonyl (C=O) groups excluding carboxylic acids is 2. The maximum absolute atomic E-state index is 13.5. The molecular weight excluding hydrogens is 396 g/mol. The third-order valence-electron chi connectivity index (χ3n) is 4.56. The van der Waals surface area contributed by atoms with Gasteiger partial charge in [-0.3, -0.25) is 4.90 Å². The molecule has 0 saturated heterocycles. The summed E-state index contributed by atoms with van der Waals surface area (Å²) >= 11 is 0. The smallest absolute Gasteiger partial charge is 0.338 e. The minimum Gasteiger partial charge on any atom is -0.464 e. The van der Waals surface area contributed by atoms with Gasteiger partial charge in [-0.05, 0) is 50.7 Å². The summed E-state index contributed by atoms with van der Waals surface area (Å²) in [6.07, 6.45) is 0. The molecule has 0 spiro atoms. The van der Waals surface area contributed by atoms with Crippen molar-refractivity contribution in [3.63, 3.8) is 0 Å². The molecule has 9 heteroatoms. The molecule has 0 radical (unpaired) electrons. The predicted molar refractivity (Wildman–Crippen MR) is 104 cm³/mol. The standard InChI is InChI=1S/C21H23F2N3O4/c1-4-29-20(27)18-16(11-26(3)10-13-6-7-14(22)15(23)9-13)24-21(28)25-19(18)17-8-5-12(2)30-17/h5-9,19H,4,10-11H2,1-3H3,(H2,24,25,28). The fourth-order valence-electron chi connectivity index (χ4n) is 3.29. The number of urea groups is 1. The van der Waals surface area contributed by atoms with E-state index in [-0.39, 0.29) is 25.3 Å². The second kappa shape index (κ2) is 9.08. The first-order valence-electron chi connectivity index (χ1n) is 9.45. The summed E-state index contributed by atoms with van der Waals surface area (Å²) in [6, 6.07) is 5.78. The third kappa shape index (κ3) is 4.85. The Kier molecular flexibility index (Phi) is 6.51. The maximum Gasteiger partial charge on any atom is 0.338 e. The number of carbonyl (C=O) groups is 2. The van der Waals surface area contributed by atoms with Crippen molar-refractivity contribution >= 4 is 12.0 Å². The summed E-state index contributed by atoms with van der Waals surface area (Å²) in [7, 11) is 1.73. The lowest BCUT2D eigenvalue weighted by Crippen LogP contribution is -2.48. The summed E-state index contributed by atoms with van der Waals surface area (Å²) < 4.78 is 37.5. The van der Waals surface area contributed by atoms with E-state index in [0.29, 0.717) is 22.8 Å². The zero-order valence-corrected chi connectivity index (χ0v) is 16.9. The number of hydrogen-bond donors (Lipinski definition) is 2. The number of likely N-dealkylation sites (N-methyl/N-ethyl adjacent to an activating group) is 1. The number of furan rings is 1. The Morgan fingerprint density at radius 3 is 2.60 bits per heavy atom. The first-order valence-corrected chi connectivity index (χ1v) is 9.45. The van der Waals surface area contributed by atoms with E-state index in [1.165, 1.54) is 6.07 Å². The summed E-state index contributed by atoms with van der Waals surface area (Å²) in [5.41, 5.74) is 1.12. The van der Waals surface area contributed by atoms with Gasteiger partial charge in [0, 0.05) is 18.8 Å². The zero-order valence-electron chi connectivity index (χ0n) is 16.9. The van der Waals surface area contributed by atoms with Crippen LogP contribution in [0.3, 0.4) is 0 Å². The third-order valence-corrected chi connectivity index (χ3v) is 4.56. The van der Waals surface area contributed by atoms with Crippen LogP contribution in [0.1, 0.15) is 30.0 Å². The van der Waals surface area contributed by atoms with E-state index in [0.717, 1.165) is 12.1 Å². The summed E-state index contributed by atoms with van der Waals surface area (Å²) in [5.74, 6) is -1.39. The van der Waals surface area contributed by atoms with Gasteiger partial charge in [0.2, 0.25) is 0 Å². The SMILES string of the molecule is CCOC(=O)C1=C(CN(C)Cc2ccc(F)c(F)c2)NC(=O)NC1c1ccc(C)o1. The highest BCUT2D eigenvalue weighted by molar-refractivity contribution is 5.95. The summed E-state index contributed by atoms with van der Waals surface area (Å²) in [6.45, 7) is 4.05. The van der Waals surface area contributed by atoms with Crippen molar-refractivity contribution in [2.45, 2.75) is 26.4 Å². The fourth-order valence-corrected chi connectivity index (χ4v) is 3.29. The van der Waals surface area contributed by atoms with Gasteiger partial charge in [0.05, 0.1) is 12.2 Å². The number of aryl methyl sites for hydroxylation is 1. The molecule has 0 saturated carbocycles. The van der Waals surface area contributed by atoms with Gasteiger partial charge in [0.25, 0.3) is 0 Å². The number of hydrogen-bond acceptors (Lipinski definition) is 5. The van der Waals surface area contributed by atoms with Crippen LogP contribution >= 0.6 is 0 Å². The van der Waals surface area contributed by atoms with Crippen molar-refractivity contribution in [1.29, 1.82) is 0 Å². The highest BCUT2D eigenvalue weighted by atomic mass is 19.2. The Bertz CT molecular complexity index is 986. The first kappa shape index (κ1) is 21.5. The van der Waals surface area contributed by atoms with Crippen molar-refractivity contribution in [3.05, 3.63) is 70.3 Å². The minimum atomic E-state index is -0.934. The highest BCUT2D eigenvalue weighted by Gasteiger charge is 2.35. The van der Waals surface area contributed by atoms with E-state index in [9.17, 15) is 18.4 Å². The van der Waals surface area contributed by atoms with Crippen LogP contribution in [-0.4, -0.2) is 37.1 Å². The molecule has 1 aromatic carbocycles. The molecule has 1 unspecified atom stereocenters. The molecule has 2 N–H and O–H groups in total. The Labute approximate surface area is 172 Å². The molecule has 1 atom stereocenters. The van der Waals surface area contributed by atoms with E-state index in [1.807, 2.05) is 0 Å². The lowest BCUT2D eigenvalue weighted by molar-refractivity contribution is -0.139. The van der Waals surface area contributed by atoms with Crippen LogP contribution in [-0.2, 0) is 16.1 Å². The number of rotatable bonds is 7. The quantitative estimate of drug-likeness (QED) is 0.674. The van der Waals surface area contributed by atoms with Crippen LogP contribution in [0.5, 0.6) is 0 Å². The molecule has 1 aromatic heterocycles. The van der Waals surface area contributed by atoms with E-state index < -0.39 is 29.7 Å². The van der Waals surface area contributed by atoms with E-state index in [2.05, 4.69) is 10.6 Å². The fraction of sp³-hybridized carbons (Fsp3) is 0.333. The van der Waals surface area contributed by atoms with E-state index in [4.69, 9.17) is 9.15 Å². The molecule has 30 heavy (non-hydrogen) atoms. The van der Waals surface area contributed by atoms with Gasteiger partial charge in [0.1, 0.15) is 17.6 Å². The number of amides is 2. The summed E-state index contributed by atoms with van der Waals surface area (Å²) in [4.78, 5) is 26.7. The second-order valence-electron chi connectivity index (χ2n) is 7.01. The van der Waals surface area contributed by atoms with Crippen LogP contribution in [0.4, 0.5) is 13.6 Å². The second-order valence-corrected chi connectivity index (χ2v) is 7.01. The van der Waals surface area contributed by atoms with Crippen LogP contribution in [0.25, 0.3) is 0 Å². The molecule has 2 amide bonds. The van der Waals surface area contributed by atoms with Gasteiger partial charge in [0.15, 0.2) is 11.6 Å². The lowest BCUT2D eigenvalue weighted by Gasteiger charge is -2.30. The van der Waals surface area contributed by atoms with E-state index >= 15 is 0 Å². The molecular formula is C21H23F2N3O4. The Balaban J connectivity index is 1.90.